The van der Waals surface area contributed by atoms with Crippen LogP contribution in [0.15, 0.2) is 76.5 Å². The van der Waals surface area contributed by atoms with E-state index < -0.39 is 18.7 Å². The van der Waals surface area contributed by atoms with E-state index in [0.717, 1.165) is 5.39 Å². The molecule has 4 nitrogen and oxygen atoms in total. The van der Waals surface area contributed by atoms with E-state index in [0.29, 0.717) is 11.1 Å². The van der Waals surface area contributed by atoms with Gasteiger partial charge in [0.2, 0.25) is 0 Å². The molecule has 3 rings (SSSR count). The highest BCUT2D eigenvalue weighted by Gasteiger charge is 2.28. The Morgan fingerprint density at radius 1 is 0.870 bits per heavy atom. The van der Waals surface area contributed by atoms with Gasteiger partial charge < -0.3 is 4.74 Å². The summed E-state index contributed by atoms with van der Waals surface area (Å²) in [5.74, 6) is 0.293. The fourth-order valence-corrected chi connectivity index (χ4v) is 5.94. The first kappa shape index (κ1) is 15.7. The van der Waals surface area contributed by atoms with Crippen LogP contribution in [0.4, 0.5) is 0 Å². The molecule has 0 bridgehead atoms. The number of ether oxygens (including phenoxy) is 1. The molecule has 6 heteroatoms. The highest BCUT2D eigenvalue weighted by Crippen LogP contribution is 2.34. The van der Waals surface area contributed by atoms with E-state index in [-0.39, 0.29) is 9.79 Å². The van der Waals surface area contributed by atoms with Crippen LogP contribution in [-0.4, -0.2) is 19.7 Å². The molecule has 0 heterocycles. The predicted molar refractivity (Wildman–Crippen MR) is 90.5 cm³/mol. The quantitative estimate of drug-likeness (QED) is 0.680. The van der Waals surface area contributed by atoms with Gasteiger partial charge in [-0.1, -0.05) is 48.5 Å². The summed E-state index contributed by atoms with van der Waals surface area (Å²) in [6.07, 6.45) is 0. The lowest BCUT2D eigenvalue weighted by atomic mass is 10.1. The highest BCUT2D eigenvalue weighted by molar-refractivity contribution is 8.64. The minimum Gasteiger partial charge on any atom is -0.495 e. The van der Waals surface area contributed by atoms with Crippen LogP contribution in [-0.2, 0) is 18.7 Å². The molecule has 118 valence electrons. The maximum Gasteiger partial charge on any atom is 0.262 e. The fourth-order valence-electron chi connectivity index (χ4n) is 2.34. The maximum atomic E-state index is 12.9. The summed E-state index contributed by atoms with van der Waals surface area (Å²) in [5, 5.41) is 1.41. The standard InChI is InChI=1S/C17H14O4S2/c1-21-16-12-11-13-7-5-6-10-15(13)17(16)22(18)23(19,20)14-8-3-2-4-9-14/h2-12H,1H3. The Balaban J connectivity index is 2.26. The van der Waals surface area contributed by atoms with Gasteiger partial charge in [0.05, 0.1) is 12.0 Å². The zero-order valence-corrected chi connectivity index (χ0v) is 13.9. The average Bonchev–Trinajstić information content (AvgIpc) is 2.60. The molecule has 0 aromatic heterocycles. The molecule has 23 heavy (non-hydrogen) atoms. The van der Waals surface area contributed by atoms with E-state index >= 15 is 0 Å². The maximum absolute atomic E-state index is 12.9. The van der Waals surface area contributed by atoms with E-state index in [4.69, 9.17) is 4.74 Å². The van der Waals surface area contributed by atoms with Gasteiger partial charge in [0, 0.05) is 5.39 Å². The molecule has 1 unspecified atom stereocenters. The van der Waals surface area contributed by atoms with Crippen molar-refractivity contribution in [2.75, 3.05) is 7.11 Å². The first-order valence-electron chi connectivity index (χ1n) is 6.84. The van der Waals surface area contributed by atoms with Crippen molar-refractivity contribution in [1.82, 2.24) is 0 Å². The third-order valence-electron chi connectivity index (χ3n) is 3.46. The first-order valence-corrected chi connectivity index (χ1v) is 9.99. The molecule has 0 saturated heterocycles. The Morgan fingerprint density at radius 2 is 1.52 bits per heavy atom. The third-order valence-corrected chi connectivity index (χ3v) is 7.74. The number of hydrogen-bond donors (Lipinski definition) is 0. The lowest BCUT2D eigenvalue weighted by Crippen LogP contribution is -2.10. The summed E-state index contributed by atoms with van der Waals surface area (Å²) in [6.45, 7) is 0. The van der Waals surface area contributed by atoms with E-state index in [2.05, 4.69) is 0 Å². The molecule has 1 atom stereocenters. The average molecular weight is 346 g/mol. The molecule has 0 saturated carbocycles. The van der Waals surface area contributed by atoms with E-state index in [1.165, 1.54) is 19.2 Å². The van der Waals surface area contributed by atoms with Crippen LogP contribution in [0.2, 0.25) is 0 Å². The van der Waals surface area contributed by atoms with Gasteiger partial charge in [0.25, 0.3) is 8.87 Å². The van der Waals surface area contributed by atoms with Gasteiger partial charge >= 0.3 is 0 Å². The van der Waals surface area contributed by atoms with Gasteiger partial charge in [0.15, 0.2) is 9.83 Å². The van der Waals surface area contributed by atoms with Gasteiger partial charge in [-0.2, -0.15) is 0 Å². The smallest absolute Gasteiger partial charge is 0.262 e. The Bertz CT molecular complexity index is 980. The summed E-state index contributed by atoms with van der Waals surface area (Å²) in [4.78, 5) is 0.197. The molecule has 0 aliphatic carbocycles. The van der Waals surface area contributed by atoms with Crippen molar-refractivity contribution in [2.24, 2.45) is 0 Å². The second-order valence-corrected chi connectivity index (χ2v) is 9.30. The first-order chi connectivity index (χ1) is 11.1. The monoisotopic (exact) mass is 346 g/mol. The molecule has 3 aromatic rings. The van der Waals surface area contributed by atoms with Crippen molar-refractivity contribution < 1.29 is 17.4 Å². The Hall–Kier alpha value is -2.18. The van der Waals surface area contributed by atoms with Gasteiger partial charge in [0.1, 0.15) is 10.6 Å². The summed E-state index contributed by atoms with van der Waals surface area (Å²) in [7, 11) is -4.88. The molecule has 0 fully saturated rings. The number of fused-ring (bicyclic) bond motifs is 1. The van der Waals surface area contributed by atoms with Crippen LogP contribution in [0, 0.1) is 0 Å². The van der Waals surface area contributed by atoms with E-state index in [1.807, 2.05) is 18.2 Å². The van der Waals surface area contributed by atoms with Crippen molar-refractivity contribution >= 4 is 29.5 Å². The van der Waals surface area contributed by atoms with Gasteiger partial charge in [-0.25, -0.2) is 12.6 Å². The van der Waals surface area contributed by atoms with Crippen molar-refractivity contribution in [3.8, 4) is 5.75 Å². The van der Waals surface area contributed by atoms with Crippen molar-refractivity contribution in [1.29, 1.82) is 0 Å². The van der Waals surface area contributed by atoms with Crippen molar-refractivity contribution in [2.45, 2.75) is 9.79 Å². The third kappa shape index (κ3) is 2.75. The number of methoxy groups -OCH3 is 1. The van der Waals surface area contributed by atoms with Crippen LogP contribution >= 0.6 is 0 Å². The van der Waals surface area contributed by atoms with Crippen LogP contribution in [0.25, 0.3) is 10.8 Å². The molecule has 0 spiro atoms. The summed E-state index contributed by atoms with van der Waals surface area (Å²) < 4.78 is 43.5. The molecular formula is C17H14O4S2. The zero-order chi connectivity index (χ0) is 16.4. The lowest BCUT2D eigenvalue weighted by Gasteiger charge is -2.12. The SMILES string of the molecule is COc1ccc2ccccc2c1S(=O)S(=O)(=O)c1ccccc1. The molecule has 3 aromatic carbocycles. The minimum absolute atomic E-state index is 0.0216. The van der Waals surface area contributed by atoms with Crippen molar-refractivity contribution in [3.05, 3.63) is 66.7 Å². The van der Waals surface area contributed by atoms with Gasteiger partial charge in [-0.15, -0.1) is 0 Å². The second-order valence-electron chi connectivity index (χ2n) is 4.82. The van der Waals surface area contributed by atoms with Crippen LogP contribution in [0.5, 0.6) is 5.75 Å². The molecule has 0 aliphatic rings. The number of hydrogen-bond acceptors (Lipinski definition) is 4. The Labute approximate surface area is 136 Å². The highest BCUT2D eigenvalue weighted by atomic mass is 33.2. The van der Waals surface area contributed by atoms with Crippen molar-refractivity contribution in [3.63, 3.8) is 0 Å². The Kier molecular flexibility index (Phi) is 4.19. The fraction of sp³-hybridized carbons (Fsp3) is 0.0588. The molecule has 0 radical (unpaired) electrons. The summed E-state index contributed by atoms with van der Waals surface area (Å²) >= 11 is 0. The summed E-state index contributed by atoms with van der Waals surface area (Å²) in [5.41, 5.74) is 0. The Morgan fingerprint density at radius 3 is 2.22 bits per heavy atom. The lowest BCUT2D eigenvalue weighted by molar-refractivity contribution is 0.405. The number of rotatable bonds is 4. The van der Waals surface area contributed by atoms with E-state index in [1.54, 1.807) is 36.4 Å². The molecular weight excluding hydrogens is 332 g/mol. The van der Waals surface area contributed by atoms with Crippen LogP contribution in [0.3, 0.4) is 0 Å². The largest absolute Gasteiger partial charge is 0.495 e. The summed E-state index contributed by atoms with van der Waals surface area (Å²) in [6, 6.07) is 18.4. The van der Waals surface area contributed by atoms with Gasteiger partial charge in [-0.05, 0) is 23.6 Å². The normalized spacial score (nSPS) is 12.9. The second kappa shape index (κ2) is 6.14. The minimum atomic E-state index is -4.02. The zero-order valence-electron chi connectivity index (χ0n) is 12.3. The van der Waals surface area contributed by atoms with Crippen LogP contribution < -0.4 is 4.74 Å². The van der Waals surface area contributed by atoms with Gasteiger partial charge in [-0.3, -0.25) is 0 Å². The predicted octanol–water partition coefficient (Wildman–Crippen LogP) is 3.34. The molecule has 0 amide bonds. The van der Waals surface area contributed by atoms with E-state index in [9.17, 15) is 12.6 Å². The number of benzene rings is 3. The topological polar surface area (TPSA) is 60.4 Å². The van der Waals surface area contributed by atoms with Crippen LogP contribution in [0.1, 0.15) is 0 Å². The molecule has 0 aliphatic heterocycles. The molecule has 0 N–H and O–H groups in total.